The van der Waals surface area contributed by atoms with Crippen molar-refractivity contribution in [2.75, 3.05) is 39.9 Å². The van der Waals surface area contributed by atoms with Crippen molar-refractivity contribution in [2.45, 2.75) is 44.9 Å². The molecule has 4 nitrogen and oxygen atoms in total. The normalized spacial score (nSPS) is 36.7. The maximum Gasteiger partial charge on any atom is 0.100 e. The van der Waals surface area contributed by atoms with E-state index >= 15 is 0 Å². The third kappa shape index (κ3) is 2.99. The highest BCUT2D eigenvalue weighted by atomic mass is 16.5. The summed E-state index contributed by atoms with van der Waals surface area (Å²) in [5.74, 6) is 0. The van der Waals surface area contributed by atoms with E-state index in [1.54, 1.807) is 0 Å². The van der Waals surface area contributed by atoms with Crippen LogP contribution in [0.3, 0.4) is 0 Å². The third-order valence-electron chi connectivity index (χ3n) is 4.31. The predicted octanol–water partition coefficient (Wildman–Crippen LogP) is 0.752. The second kappa shape index (κ2) is 5.22. The highest BCUT2D eigenvalue weighted by molar-refractivity contribution is 4.90. The van der Waals surface area contributed by atoms with Crippen molar-refractivity contribution in [1.29, 1.82) is 0 Å². The average Bonchev–Trinajstić information content (AvgIpc) is 2.38. The van der Waals surface area contributed by atoms with Gasteiger partial charge in [0.25, 0.3) is 0 Å². The largest absolute Gasteiger partial charge is 0.377 e. The molecule has 0 aromatic rings. The van der Waals surface area contributed by atoms with Gasteiger partial charge in [0, 0.05) is 31.2 Å². The van der Waals surface area contributed by atoms with Crippen LogP contribution in [-0.4, -0.2) is 67.4 Å². The van der Waals surface area contributed by atoms with Crippen molar-refractivity contribution in [3.63, 3.8) is 0 Å². The second-order valence-electron chi connectivity index (χ2n) is 5.99. The molecule has 2 saturated heterocycles. The fraction of sp³-hybridized carbons (Fsp3) is 1.00. The van der Waals surface area contributed by atoms with Crippen LogP contribution in [-0.2, 0) is 4.74 Å². The summed E-state index contributed by atoms with van der Waals surface area (Å²) in [7, 11) is 2.23. The fourth-order valence-corrected chi connectivity index (χ4v) is 2.94. The molecular weight excluding hydrogens is 214 g/mol. The highest BCUT2D eigenvalue weighted by Crippen LogP contribution is 2.26. The zero-order chi connectivity index (χ0) is 12.5. The maximum absolute atomic E-state index is 5.55. The molecule has 2 aliphatic rings. The molecular formula is C13H26N3O. The minimum atomic E-state index is 0.279. The third-order valence-corrected chi connectivity index (χ3v) is 4.31. The number of hydrogen-bond donors (Lipinski definition) is 0. The van der Waals surface area contributed by atoms with E-state index in [1.807, 2.05) is 0 Å². The van der Waals surface area contributed by atoms with Gasteiger partial charge in [-0.15, -0.1) is 0 Å². The number of ether oxygens (including phenoxy) is 1. The van der Waals surface area contributed by atoms with Crippen molar-refractivity contribution in [1.82, 2.24) is 15.1 Å². The quantitative estimate of drug-likeness (QED) is 0.677. The van der Waals surface area contributed by atoms with Gasteiger partial charge in [0.05, 0.1) is 13.2 Å². The molecule has 0 saturated carbocycles. The van der Waals surface area contributed by atoms with Crippen molar-refractivity contribution < 1.29 is 4.74 Å². The summed E-state index contributed by atoms with van der Waals surface area (Å²) in [5.41, 5.74) is 0.281. The van der Waals surface area contributed by atoms with E-state index in [9.17, 15) is 0 Å². The van der Waals surface area contributed by atoms with Crippen molar-refractivity contribution in [3.8, 4) is 0 Å². The summed E-state index contributed by atoms with van der Waals surface area (Å²) in [6.45, 7) is 11.6. The van der Waals surface area contributed by atoms with E-state index in [0.29, 0.717) is 6.04 Å². The highest BCUT2D eigenvalue weighted by Gasteiger charge is 2.35. The Morgan fingerprint density at radius 2 is 2.06 bits per heavy atom. The van der Waals surface area contributed by atoms with Crippen LogP contribution < -0.4 is 5.32 Å². The molecule has 2 heterocycles. The Balaban J connectivity index is 2.03. The Hall–Kier alpha value is -0.160. The Bertz CT molecular complexity index is 251. The van der Waals surface area contributed by atoms with Crippen molar-refractivity contribution in [3.05, 3.63) is 0 Å². The van der Waals surface area contributed by atoms with Crippen LogP contribution in [0, 0.1) is 0 Å². The Morgan fingerprint density at radius 3 is 2.71 bits per heavy atom. The molecule has 2 unspecified atom stereocenters. The standard InChI is InChI=1S/C13H26N3O/c1-11-9-13(2,3)15(4)6-7-16(11)12-10-17-8-5-14-12/h11-12H,5-10H2,1-4H3. The van der Waals surface area contributed by atoms with Gasteiger partial charge in [0.2, 0.25) is 0 Å². The first-order valence-electron chi connectivity index (χ1n) is 6.72. The lowest BCUT2D eigenvalue weighted by atomic mass is 9.94. The van der Waals surface area contributed by atoms with Crippen LogP contribution in [0.25, 0.3) is 0 Å². The molecule has 0 N–H and O–H groups in total. The lowest BCUT2D eigenvalue weighted by Crippen LogP contribution is -2.53. The Labute approximate surface area is 105 Å². The lowest BCUT2D eigenvalue weighted by Gasteiger charge is -2.38. The number of hydrogen-bond acceptors (Lipinski definition) is 3. The number of likely N-dealkylation sites (N-methyl/N-ethyl adjacent to an activating group) is 1. The Morgan fingerprint density at radius 1 is 1.29 bits per heavy atom. The van der Waals surface area contributed by atoms with Gasteiger partial charge in [-0.3, -0.25) is 9.80 Å². The lowest BCUT2D eigenvalue weighted by molar-refractivity contribution is -0.00744. The molecule has 2 aliphatic heterocycles. The average molecular weight is 240 g/mol. The van der Waals surface area contributed by atoms with Crippen LogP contribution in [0.4, 0.5) is 0 Å². The van der Waals surface area contributed by atoms with Gasteiger partial charge in [0.1, 0.15) is 6.17 Å². The minimum absolute atomic E-state index is 0.279. The number of nitrogens with zero attached hydrogens (tertiary/aromatic N) is 3. The number of rotatable bonds is 1. The van der Waals surface area contributed by atoms with Gasteiger partial charge in [-0.2, -0.15) is 0 Å². The molecule has 2 rings (SSSR count). The van der Waals surface area contributed by atoms with Gasteiger partial charge in [-0.25, -0.2) is 5.32 Å². The van der Waals surface area contributed by atoms with Crippen molar-refractivity contribution >= 4 is 0 Å². The SMILES string of the molecule is CC1CC(C)(C)N(C)CCN1C1COCC[N]1. The van der Waals surface area contributed by atoms with Crippen molar-refractivity contribution in [2.24, 2.45) is 0 Å². The Kier molecular flexibility index (Phi) is 4.08. The van der Waals surface area contributed by atoms with Gasteiger partial charge >= 0.3 is 0 Å². The molecule has 17 heavy (non-hydrogen) atoms. The molecule has 0 spiro atoms. The zero-order valence-corrected chi connectivity index (χ0v) is 11.6. The summed E-state index contributed by atoms with van der Waals surface area (Å²) < 4.78 is 5.55. The van der Waals surface area contributed by atoms with Gasteiger partial charge < -0.3 is 4.74 Å². The molecule has 2 atom stereocenters. The first-order valence-corrected chi connectivity index (χ1v) is 6.72. The molecule has 1 radical (unpaired) electrons. The van der Waals surface area contributed by atoms with E-state index in [1.165, 1.54) is 6.42 Å². The smallest absolute Gasteiger partial charge is 0.100 e. The van der Waals surface area contributed by atoms with E-state index < -0.39 is 0 Å². The number of morpholine rings is 1. The monoisotopic (exact) mass is 240 g/mol. The molecule has 2 fully saturated rings. The van der Waals surface area contributed by atoms with E-state index in [0.717, 1.165) is 32.8 Å². The topological polar surface area (TPSA) is 29.8 Å². The van der Waals surface area contributed by atoms with Crippen LogP contribution in [0.5, 0.6) is 0 Å². The van der Waals surface area contributed by atoms with Gasteiger partial charge in [0.15, 0.2) is 0 Å². The predicted molar refractivity (Wildman–Crippen MR) is 69.1 cm³/mol. The summed E-state index contributed by atoms with van der Waals surface area (Å²) in [6.07, 6.45) is 1.47. The van der Waals surface area contributed by atoms with Gasteiger partial charge in [-0.05, 0) is 34.2 Å². The van der Waals surface area contributed by atoms with E-state index in [-0.39, 0.29) is 11.7 Å². The summed E-state index contributed by atoms with van der Waals surface area (Å²) in [4.78, 5) is 4.98. The fourth-order valence-electron chi connectivity index (χ4n) is 2.94. The van der Waals surface area contributed by atoms with Crippen LogP contribution in [0.15, 0.2) is 0 Å². The molecule has 99 valence electrons. The molecule has 0 aliphatic carbocycles. The maximum atomic E-state index is 5.55. The zero-order valence-electron chi connectivity index (χ0n) is 11.6. The molecule has 0 bridgehead atoms. The first-order chi connectivity index (χ1) is 8.00. The van der Waals surface area contributed by atoms with E-state index in [4.69, 9.17) is 10.1 Å². The molecule has 0 amide bonds. The van der Waals surface area contributed by atoms with E-state index in [2.05, 4.69) is 37.6 Å². The van der Waals surface area contributed by atoms with Crippen LogP contribution in [0.1, 0.15) is 27.2 Å². The van der Waals surface area contributed by atoms with Crippen LogP contribution >= 0.6 is 0 Å². The summed E-state index contributed by atoms with van der Waals surface area (Å²) in [6, 6.07) is 0.574. The summed E-state index contributed by atoms with van der Waals surface area (Å²) >= 11 is 0. The molecule has 0 aromatic heterocycles. The second-order valence-corrected chi connectivity index (χ2v) is 5.99. The molecule has 4 heteroatoms. The minimum Gasteiger partial charge on any atom is -0.377 e. The van der Waals surface area contributed by atoms with Crippen LogP contribution in [0.2, 0.25) is 0 Å². The first kappa shape index (κ1) is 13.3. The summed E-state index contributed by atoms with van der Waals surface area (Å²) in [5, 5.41) is 4.70. The molecule has 0 aromatic carbocycles. The van der Waals surface area contributed by atoms with Gasteiger partial charge in [-0.1, -0.05) is 0 Å².